The van der Waals surface area contributed by atoms with Crippen LogP contribution in [0.3, 0.4) is 0 Å². The SMILES string of the molecule is Cc1nc(-c2ccc(C(=O)Nc3ccc(CC(=O)N(C)C)cc3)cc2)n[nH]1. The molecule has 0 radical (unpaired) electrons. The van der Waals surface area contributed by atoms with Gasteiger partial charge >= 0.3 is 0 Å². The van der Waals surface area contributed by atoms with Crippen molar-refractivity contribution in [3.05, 3.63) is 65.5 Å². The molecule has 0 aliphatic rings. The Morgan fingerprint density at radius 2 is 1.70 bits per heavy atom. The van der Waals surface area contributed by atoms with Crippen molar-refractivity contribution in [2.75, 3.05) is 19.4 Å². The van der Waals surface area contributed by atoms with E-state index in [9.17, 15) is 9.59 Å². The molecule has 0 unspecified atom stereocenters. The third kappa shape index (κ3) is 4.58. The van der Waals surface area contributed by atoms with Gasteiger partial charge in [0.05, 0.1) is 6.42 Å². The molecule has 7 heteroatoms. The summed E-state index contributed by atoms with van der Waals surface area (Å²) in [5.41, 5.74) is 2.95. The molecule has 2 amide bonds. The molecule has 7 nitrogen and oxygen atoms in total. The van der Waals surface area contributed by atoms with Crippen LogP contribution in [0, 0.1) is 6.92 Å². The first-order valence-electron chi connectivity index (χ1n) is 8.52. The molecule has 0 atom stereocenters. The number of hydrogen-bond donors (Lipinski definition) is 2. The zero-order chi connectivity index (χ0) is 19.4. The molecule has 0 fully saturated rings. The number of hydrogen-bond acceptors (Lipinski definition) is 4. The zero-order valence-electron chi connectivity index (χ0n) is 15.5. The van der Waals surface area contributed by atoms with Crippen LogP contribution in [0.5, 0.6) is 0 Å². The largest absolute Gasteiger partial charge is 0.349 e. The number of amides is 2. The lowest BCUT2D eigenvalue weighted by Crippen LogP contribution is -2.23. The maximum absolute atomic E-state index is 12.4. The minimum absolute atomic E-state index is 0.0356. The Kier molecular flexibility index (Phi) is 5.30. The number of aromatic nitrogens is 3. The molecule has 0 bridgehead atoms. The molecule has 1 aromatic heterocycles. The van der Waals surface area contributed by atoms with Gasteiger partial charge in [-0.3, -0.25) is 14.7 Å². The molecule has 0 spiro atoms. The monoisotopic (exact) mass is 363 g/mol. The van der Waals surface area contributed by atoms with Crippen molar-refractivity contribution in [1.82, 2.24) is 20.1 Å². The van der Waals surface area contributed by atoms with Crippen LogP contribution in [-0.2, 0) is 11.2 Å². The number of carbonyl (C=O) groups is 2. The van der Waals surface area contributed by atoms with E-state index < -0.39 is 0 Å². The summed E-state index contributed by atoms with van der Waals surface area (Å²) >= 11 is 0. The number of aromatic amines is 1. The molecule has 2 N–H and O–H groups in total. The average Bonchev–Trinajstić information content (AvgIpc) is 3.09. The first kappa shape index (κ1) is 18.3. The maximum atomic E-state index is 12.4. The number of carbonyl (C=O) groups excluding carboxylic acids is 2. The maximum Gasteiger partial charge on any atom is 0.255 e. The van der Waals surface area contributed by atoms with Crippen molar-refractivity contribution in [2.24, 2.45) is 0 Å². The van der Waals surface area contributed by atoms with E-state index in [0.29, 0.717) is 23.5 Å². The lowest BCUT2D eigenvalue weighted by atomic mass is 10.1. The number of nitrogens with zero attached hydrogens (tertiary/aromatic N) is 3. The Morgan fingerprint density at radius 3 is 2.26 bits per heavy atom. The number of likely N-dealkylation sites (N-methyl/N-ethyl adjacent to an activating group) is 1. The minimum atomic E-state index is -0.204. The Labute approximate surface area is 157 Å². The van der Waals surface area contributed by atoms with Crippen LogP contribution >= 0.6 is 0 Å². The van der Waals surface area contributed by atoms with Gasteiger partial charge in [0.2, 0.25) is 5.91 Å². The van der Waals surface area contributed by atoms with Crippen LogP contribution in [0.2, 0.25) is 0 Å². The smallest absolute Gasteiger partial charge is 0.255 e. The van der Waals surface area contributed by atoms with E-state index in [-0.39, 0.29) is 11.8 Å². The number of aryl methyl sites for hydroxylation is 1. The second-order valence-electron chi connectivity index (χ2n) is 6.44. The van der Waals surface area contributed by atoms with Gasteiger partial charge in [0.15, 0.2) is 5.82 Å². The van der Waals surface area contributed by atoms with Gasteiger partial charge in [0, 0.05) is 30.9 Å². The Morgan fingerprint density at radius 1 is 1.04 bits per heavy atom. The minimum Gasteiger partial charge on any atom is -0.349 e. The molecule has 0 aliphatic heterocycles. The fourth-order valence-corrected chi connectivity index (χ4v) is 2.48. The van der Waals surface area contributed by atoms with Crippen LogP contribution in [-0.4, -0.2) is 46.0 Å². The van der Waals surface area contributed by atoms with Crippen LogP contribution in [0.4, 0.5) is 5.69 Å². The number of rotatable bonds is 5. The molecule has 0 saturated heterocycles. The highest BCUT2D eigenvalue weighted by Gasteiger charge is 2.09. The fourth-order valence-electron chi connectivity index (χ4n) is 2.48. The van der Waals surface area contributed by atoms with Crippen LogP contribution in [0.25, 0.3) is 11.4 Å². The number of nitrogens with one attached hydrogen (secondary N) is 2. The molecule has 27 heavy (non-hydrogen) atoms. The van der Waals surface area contributed by atoms with Gasteiger partial charge in [-0.1, -0.05) is 24.3 Å². The van der Waals surface area contributed by atoms with Gasteiger partial charge in [0.1, 0.15) is 5.82 Å². The summed E-state index contributed by atoms with van der Waals surface area (Å²) in [6.45, 7) is 1.83. The van der Waals surface area contributed by atoms with Crippen molar-refractivity contribution < 1.29 is 9.59 Å². The molecule has 3 rings (SSSR count). The van der Waals surface area contributed by atoms with Gasteiger partial charge in [-0.15, -0.1) is 0 Å². The third-order valence-electron chi connectivity index (χ3n) is 4.07. The zero-order valence-corrected chi connectivity index (χ0v) is 15.5. The van der Waals surface area contributed by atoms with E-state index >= 15 is 0 Å². The van der Waals surface area contributed by atoms with Crippen molar-refractivity contribution in [3.63, 3.8) is 0 Å². The van der Waals surface area contributed by atoms with E-state index in [1.165, 1.54) is 0 Å². The quantitative estimate of drug-likeness (QED) is 0.729. The Bertz CT molecular complexity index is 943. The molecule has 0 aliphatic carbocycles. The van der Waals surface area contributed by atoms with Gasteiger partial charge < -0.3 is 10.2 Å². The van der Waals surface area contributed by atoms with Crippen LogP contribution < -0.4 is 5.32 Å². The summed E-state index contributed by atoms with van der Waals surface area (Å²) in [7, 11) is 3.46. The summed E-state index contributed by atoms with van der Waals surface area (Å²) in [5, 5.41) is 9.75. The summed E-state index contributed by atoms with van der Waals surface area (Å²) < 4.78 is 0. The van der Waals surface area contributed by atoms with Gasteiger partial charge in [-0.05, 0) is 36.8 Å². The first-order valence-corrected chi connectivity index (χ1v) is 8.52. The van der Waals surface area contributed by atoms with Gasteiger partial charge in [-0.2, -0.15) is 5.10 Å². The lowest BCUT2D eigenvalue weighted by molar-refractivity contribution is -0.127. The van der Waals surface area contributed by atoms with Crippen molar-refractivity contribution >= 4 is 17.5 Å². The highest BCUT2D eigenvalue weighted by atomic mass is 16.2. The van der Waals surface area contributed by atoms with Crippen molar-refractivity contribution in [1.29, 1.82) is 0 Å². The number of anilines is 1. The van der Waals surface area contributed by atoms with E-state index in [1.54, 1.807) is 43.3 Å². The standard InChI is InChI=1S/C20H21N5O2/c1-13-21-19(24-23-13)15-6-8-16(9-7-15)20(27)22-17-10-4-14(5-11-17)12-18(26)25(2)3/h4-11H,12H2,1-3H3,(H,22,27)(H,21,23,24). The van der Waals surface area contributed by atoms with E-state index in [4.69, 9.17) is 0 Å². The Balaban J connectivity index is 1.64. The molecular formula is C20H21N5O2. The highest BCUT2D eigenvalue weighted by Crippen LogP contribution is 2.17. The highest BCUT2D eigenvalue weighted by molar-refractivity contribution is 6.04. The van der Waals surface area contributed by atoms with Gasteiger partial charge in [-0.25, -0.2) is 4.98 Å². The second-order valence-corrected chi connectivity index (χ2v) is 6.44. The molecule has 1 heterocycles. The van der Waals surface area contributed by atoms with Crippen LogP contribution in [0.1, 0.15) is 21.7 Å². The summed E-state index contributed by atoms with van der Waals surface area (Å²) in [5.74, 6) is 1.17. The van der Waals surface area contributed by atoms with Crippen LogP contribution in [0.15, 0.2) is 48.5 Å². The second kappa shape index (κ2) is 7.82. The summed E-state index contributed by atoms with van der Waals surface area (Å²) in [4.78, 5) is 30.0. The Hall–Kier alpha value is -3.48. The molecule has 138 valence electrons. The van der Waals surface area contributed by atoms with E-state index in [1.807, 2.05) is 31.2 Å². The summed E-state index contributed by atoms with van der Waals surface area (Å²) in [6.07, 6.45) is 0.337. The van der Waals surface area contributed by atoms with Crippen molar-refractivity contribution in [3.8, 4) is 11.4 Å². The molecule has 2 aromatic carbocycles. The number of benzene rings is 2. The predicted molar refractivity (Wildman–Crippen MR) is 103 cm³/mol. The molecule has 0 saturated carbocycles. The molecular weight excluding hydrogens is 342 g/mol. The average molecular weight is 363 g/mol. The predicted octanol–water partition coefficient (Wildman–Crippen LogP) is 2.66. The van der Waals surface area contributed by atoms with Crippen molar-refractivity contribution in [2.45, 2.75) is 13.3 Å². The fraction of sp³-hybridized carbons (Fsp3) is 0.200. The lowest BCUT2D eigenvalue weighted by Gasteiger charge is -2.10. The normalized spacial score (nSPS) is 10.5. The topological polar surface area (TPSA) is 91.0 Å². The third-order valence-corrected chi connectivity index (χ3v) is 4.07. The first-order chi connectivity index (χ1) is 12.9. The summed E-state index contributed by atoms with van der Waals surface area (Å²) in [6, 6.07) is 14.4. The molecule has 3 aromatic rings. The van der Waals surface area contributed by atoms with E-state index in [0.717, 1.165) is 17.0 Å². The van der Waals surface area contributed by atoms with E-state index in [2.05, 4.69) is 20.5 Å². The number of H-pyrrole nitrogens is 1. The van der Waals surface area contributed by atoms with Gasteiger partial charge in [0.25, 0.3) is 5.91 Å².